The number of benzene rings is 1. The third-order valence-corrected chi connectivity index (χ3v) is 3.22. The molecule has 3 N–H and O–H groups in total. The Morgan fingerprint density at radius 3 is 2.50 bits per heavy atom. The van der Waals surface area contributed by atoms with E-state index < -0.39 is 0 Å². The van der Waals surface area contributed by atoms with Crippen LogP contribution >= 0.6 is 0 Å². The molecule has 0 spiro atoms. The number of carbonyl (C=O) groups is 1. The smallest absolute Gasteiger partial charge is 0.315 e. The first-order chi connectivity index (χ1) is 9.63. The summed E-state index contributed by atoms with van der Waals surface area (Å²) in [7, 11) is 0. The molecule has 1 aromatic rings. The Bertz CT molecular complexity index is 405. The van der Waals surface area contributed by atoms with E-state index >= 15 is 0 Å². The lowest BCUT2D eigenvalue weighted by atomic mass is 10.1. The number of hydrogen-bond donors (Lipinski definition) is 3. The van der Waals surface area contributed by atoms with Crippen LogP contribution < -0.4 is 10.6 Å². The number of unbranched alkanes of at least 4 members (excludes halogenated alkanes) is 1. The summed E-state index contributed by atoms with van der Waals surface area (Å²) in [5, 5.41) is 14.9. The van der Waals surface area contributed by atoms with E-state index in [0.717, 1.165) is 29.9 Å². The maximum Gasteiger partial charge on any atom is 0.315 e. The van der Waals surface area contributed by atoms with E-state index in [-0.39, 0.29) is 12.6 Å². The van der Waals surface area contributed by atoms with Gasteiger partial charge in [-0.3, -0.25) is 0 Å². The predicted molar refractivity (Wildman–Crippen MR) is 81.3 cm³/mol. The van der Waals surface area contributed by atoms with Gasteiger partial charge >= 0.3 is 6.03 Å². The minimum absolute atomic E-state index is 0.00528. The van der Waals surface area contributed by atoms with E-state index in [4.69, 9.17) is 0 Å². The van der Waals surface area contributed by atoms with Crippen LogP contribution in [0.5, 0.6) is 0 Å². The second-order valence-electron chi connectivity index (χ2n) is 5.43. The third kappa shape index (κ3) is 6.57. The van der Waals surface area contributed by atoms with Gasteiger partial charge in [0.1, 0.15) is 0 Å². The normalized spacial score (nSPS) is 10.6. The van der Waals surface area contributed by atoms with E-state index in [0.29, 0.717) is 13.1 Å². The molecule has 0 aliphatic heterocycles. The summed E-state index contributed by atoms with van der Waals surface area (Å²) in [5.74, 6) is 0.721. The van der Waals surface area contributed by atoms with Crippen LogP contribution in [0.4, 0.5) is 4.79 Å². The quantitative estimate of drug-likeness (QED) is 0.640. The molecule has 4 nitrogen and oxygen atoms in total. The summed E-state index contributed by atoms with van der Waals surface area (Å²) in [4.78, 5) is 11.6. The van der Waals surface area contributed by atoms with Gasteiger partial charge in [0.05, 0.1) is 6.61 Å². The van der Waals surface area contributed by atoms with Crippen molar-refractivity contribution in [1.29, 1.82) is 0 Å². The van der Waals surface area contributed by atoms with Gasteiger partial charge in [-0.05, 0) is 23.5 Å². The van der Waals surface area contributed by atoms with Crippen LogP contribution in [0.25, 0.3) is 0 Å². The Balaban J connectivity index is 2.19. The molecule has 0 radical (unpaired) electrons. The molecule has 0 atom stereocenters. The van der Waals surface area contributed by atoms with Crippen LogP contribution in [0.15, 0.2) is 24.3 Å². The fourth-order valence-electron chi connectivity index (χ4n) is 2.00. The molecule has 20 heavy (non-hydrogen) atoms. The lowest BCUT2D eigenvalue weighted by Gasteiger charge is -2.10. The first-order valence-electron chi connectivity index (χ1n) is 7.32. The number of nitrogens with one attached hydrogen (secondary N) is 2. The SMILES string of the molecule is CC(C)CCCCNC(=O)NCc1ccccc1CO. The van der Waals surface area contributed by atoms with Crippen molar-refractivity contribution in [2.24, 2.45) is 5.92 Å². The maximum absolute atomic E-state index is 11.6. The van der Waals surface area contributed by atoms with Crippen LogP contribution in [0.2, 0.25) is 0 Å². The zero-order chi connectivity index (χ0) is 14.8. The van der Waals surface area contributed by atoms with Gasteiger partial charge in [-0.15, -0.1) is 0 Å². The molecule has 0 fully saturated rings. The Labute approximate surface area is 121 Å². The van der Waals surface area contributed by atoms with Gasteiger partial charge in [-0.1, -0.05) is 51.0 Å². The van der Waals surface area contributed by atoms with Gasteiger partial charge in [-0.2, -0.15) is 0 Å². The number of amides is 2. The van der Waals surface area contributed by atoms with Crippen molar-refractivity contribution < 1.29 is 9.90 Å². The maximum atomic E-state index is 11.6. The van der Waals surface area contributed by atoms with Gasteiger partial charge in [0.2, 0.25) is 0 Å². The molecule has 2 amide bonds. The van der Waals surface area contributed by atoms with Crippen LogP contribution in [0.1, 0.15) is 44.2 Å². The van der Waals surface area contributed by atoms with Crippen LogP contribution in [0.3, 0.4) is 0 Å². The minimum atomic E-state index is -0.151. The molecule has 112 valence electrons. The zero-order valence-corrected chi connectivity index (χ0v) is 12.5. The monoisotopic (exact) mass is 278 g/mol. The minimum Gasteiger partial charge on any atom is -0.392 e. The van der Waals surface area contributed by atoms with Gasteiger partial charge in [0, 0.05) is 13.1 Å². The molecule has 0 heterocycles. The van der Waals surface area contributed by atoms with E-state index in [9.17, 15) is 9.90 Å². The molecule has 0 aliphatic carbocycles. The molecule has 0 aromatic heterocycles. The van der Waals surface area contributed by atoms with Crippen molar-refractivity contribution in [1.82, 2.24) is 10.6 Å². The first kappa shape index (κ1) is 16.5. The van der Waals surface area contributed by atoms with Crippen LogP contribution in [0, 0.1) is 5.92 Å². The summed E-state index contributed by atoms with van der Waals surface area (Å²) in [6.45, 7) is 5.56. The van der Waals surface area contributed by atoms with Crippen molar-refractivity contribution in [3.8, 4) is 0 Å². The van der Waals surface area contributed by atoms with Gasteiger partial charge < -0.3 is 15.7 Å². The lowest BCUT2D eigenvalue weighted by molar-refractivity contribution is 0.240. The summed E-state index contributed by atoms with van der Waals surface area (Å²) in [6.07, 6.45) is 3.36. The van der Waals surface area contributed by atoms with E-state index in [1.54, 1.807) is 0 Å². The number of aliphatic hydroxyl groups excluding tert-OH is 1. The summed E-state index contributed by atoms with van der Waals surface area (Å²) in [6, 6.07) is 7.40. The van der Waals surface area contributed by atoms with E-state index in [1.165, 1.54) is 6.42 Å². The van der Waals surface area contributed by atoms with E-state index in [1.807, 2.05) is 24.3 Å². The Hall–Kier alpha value is -1.55. The molecule has 1 rings (SSSR count). The summed E-state index contributed by atoms with van der Waals surface area (Å²) >= 11 is 0. The van der Waals surface area contributed by atoms with Crippen LogP contribution in [-0.2, 0) is 13.2 Å². The molecule has 0 unspecified atom stereocenters. The predicted octanol–water partition coefficient (Wildman–Crippen LogP) is 2.80. The molecule has 0 aliphatic rings. The fourth-order valence-corrected chi connectivity index (χ4v) is 2.00. The highest BCUT2D eigenvalue weighted by atomic mass is 16.3. The largest absolute Gasteiger partial charge is 0.392 e. The van der Waals surface area contributed by atoms with Crippen molar-refractivity contribution in [2.45, 2.75) is 46.3 Å². The van der Waals surface area contributed by atoms with Crippen molar-refractivity contribution in [3.05, 3.63) is 35.4 Å². The van der Waals surface area contributed by atoms with Gasteiger partial charge in [0.25, 0.3) is 0 Å². The summed E-state index contributed by atoms with van der Waals surface area (Å²) < 4.78 is 0. The molecular weight excluding hydrogens is 252 g/mol. The molecule has 0 bridgehead atoms. The second-order valence-corrected chi connectivity index (χ2v) is 5.43. The molecular formula is C16H26N2O2. The average molecular weight is 278 g/mol. The first-order valence-corrected chi connectivity index (χ1v) is 7.32. The molecule has 1 aromatic carbocycles. The number of hydrogen-bond acceptors (Lipinski definition) is 2. The van der Waals surface area contributed by atoms with Crippen molar-refractivity contribution in [2.75, 3.05) is 6.54 Å². The zero-order valence-electron chi connectivity index (χ0n) is 12.5. The average Bonchev–Trinajstić information content (AvgIpc) is 2.44. The Morgan fingerprint density at radius 2 is 1.85 bits per heavy atom. The fraction of sp³-hybridized carbons (Fsp3) is 0.562. The Morgan fingerprint density at radius 1 is 1.15 bits per heavy atom. The van der Waals surface area contributed by atoms with Crippen molar-refractivity contribution >= 4 is 6.03 Å². The van der Waals surface area contributed by atoms with Gasteiger partial charge in [0.15, 0.2) is 0 Å². The van der Waals surface area contributed by atoms with Crippen LogP contribution in [-0.4, -0.2) is 17.7 Å². The standard InChI is InChI=1S/C16H26N2O2/c1-13(2)7-5-6-10-17-16(20)18-11-14-8-3-4-9-15(14)12-19/h3-4,8-9,13,19H,5-7,10-12H2,1-2H3,(H2,17,18,20). The topological polar surface area (TPSA) is 61.4 Å². The van der Waals surface area contributed by atoms with E-state index in [2.05, 4.69) is 24.5 Å². The van der Waals surface area contributed by atoms with Gasteiger partial charge in [-0.25, -0.2) is 4.79 Å². The number of urea groups is 1. The lowest BCUT2D eigenvalue weighted by Crippen LogP contribution is -2.35. The Kier molecular flexibility index (Phi) is 7.73. The molecule has 0 saturated carbocycles. The highest BCUT2D eigenvalue weighted by molar-refractivity contribution is 5.73. The third-order valence-electron chi connectivity index (χ3n) is 3.22. The number of aliphatic hydroxyl groups is 1. The highest BCUT2D eigenvalue weighted by Gasteiger charge is 2.03. The molecule has 0 saturated heterocycles. The summed E-state index contributed by atoms with van der Waals surface area (Å²) in [5.41, 5.74) is 1.80. The second kappa shape index (κ2) is 9.37. The number of carbonyl (C=O) groups excluding carboxylic acids is 1. The number of rotatable bonds is 8. The van der Waals surface area contributed by atoms with Crippen molar-refractivity contribution in [3.63, 3.8) is 0 Å². The highest BCUT2D eigenvalue weighted by Crippen LogP contribution is 2.08. The molecule has 4 heteroatoms.